The van der Waals surface area contributed by atoms with Crippen LogP contribution in [-0.4, -0.2) is 31.0 Å². The first kappa shape index (κ1) is 13.7. The van der Waals surface area contributed by atoms with E-state index in [0.717, 1.165) is 18.7 Å². The van der Waals surface area contributed by atoms with E-state index in [0.29, 0.717) is 17.9 Å². The van der Waals surface area contributed by atoms with Gasteiger partial charge in [-0.3, -0.25) is 4.79 Å². The van der Waals surface area contributed by atoms with Crippen molar-refractivity contribution >= 4 is 34.6 Å². The molecule has 1 fully saturated rings. The van der Waals surface area contributed by atoms with Crippen LogP contribution in [0.2, 0.25) is 0 Å². The normalized spacial score (nSPS) is 17.2. The van der Waals surface area contributed by atoms with Crippen molar-refractivity contribution in [2.75, 3.05) is 29.7 Å². The standard InChI is InChI=1S/C13H14ClN3O2/c1-15-9-2-3-11(16-8-10-4-5-19-10)12(6-9)17-13(18)7-14/h2-3,6,10,16H,4-5,7-8H2,(H,17,18)/t10-/m0/s1. The number of hydrogen-bond acceptors (Lipinski definition) is 3. The summed E-state index contributed by atoms with van der Waals surface area (Å²) in [6.45, 7) is 8.48. The number of halogens is 1. The third-order valence-electron chi connectivity index (χ3n) is 2.84. The Morgan fingerprint density at radius 2 is 2.32 bits per heavy atom. The van der Waals surface area contributed by atoms with E-state index in [1.807, 2.05) is 0 Å². The molecule has 1 heterocycles. The average molecular weight is 280 g/mol. The monoisotopic (exact) mass is 279 g/mol. The Hall–Kier alpha value is -1.77. The van der Waals surface area contributed by atoms with Gasteiger partial charge in [-0.05, 0) is 18.6 Å². The van der Waals surface area contributed by atoms with Crippen LogP contribution in [0, 0.1) is 6.57 Å². The summed E-state index contributed by atoms with van der Waals surface area (Å²) >= 11 is 5.47. The summed E-state index contributed by atoms with van der Waals surface area (Å²) in [5.41, 5.74) is 1.80. The van der Waals surface area contributed by atoms with Gasteiger partial charge in [0.2, 0.25) is 5.91 Å². The topological polar surface area (TPSA) is 54.7 Å². The van der Waals surface area contributed by atoms with E-state index in [2.05, 4.69) is 15.5 Å². The van der Waals surface area contributed by atoms with Crippen LogP contribution in [0.5, 0.6) is 0 Å². The summed E-state index contributed by atoms with van der Waals surface area (Å²) in [7, 11) is 0. The van der Waals surface area contributed by atoms with Crippen molar-refractivity contribution in [3.05, 3.63) is 29.6 Å². The zero-order chi connectivity index (χ0) is 13.7. The number of anilines is 2. The maximum absolute atomic E-state index is 11.4. The van der Waals surface area contributed by atoms with Gasteiger partial charge in [-0.1, -0.05) is 6.07 Å². The number of benzene rings is 1. The van der Waals surface area contributed by atoms with Gasteiger partial charge in [-0.25, -0.2) is 4.85 Å². The molecule has 100 valence electrons. The number of nitrogens with zero attached hydrogens (tertiary/aromatic N) is 1. The molecule has 0 bridgehead atoms. The number of nitrogens with one attached hydrogen (secondary N) is 2. The highest BCUT2D eigenvalue weighted by atomic mass is 35.5. The number of carbonyl (C=O) groups is 1. The molecule has 0 aliphatic carbocycles. The number of alkyl halides is 1. The van der Waals surface area contributed by atoms with Gasteiger partial charge in [-0.15, -0.1) is 11.6 Å². The van der Waals surface area contributed by atoms with Gasteiger partial charge >= 0.3 is 0 Å². The third kappa shape index (κ3) is 3.60. The molecule has 1 amide bonds. The van der Waals surface area contributed by atoms with Crippen molar-refractivity contribution in [2.45, 2.75) is 12.5 Å². The largest absolute Gasteiger partial charge is 0.381 e. The SMILES string of the molecule is [C-]#[N+]c1ccc(NC[C@@H]2CCO2)c(NC(=O)CCl)c1. The lowest BCUT2D eigenvalue weighted by molar-refractivity contribution is -0.113. The Balaban J connectivity index is 2.10. The summed E-state index contributed by atoms with van der Waals surface area (Å²) < 4.78 is 5.32. The summed E-state index contributed by atoms with van der Waals surface area (Å²) in [6.07, 6.45) is 1.26. The summed E-state index contributed by atoms with van der Waals surface area (Å²) in [5, 5.41) is 5.89. The summed E-state index contributed by atoms with van der Waals surface area (Å²) in [5.74, 6) is -0.417. The Morgan fingerprint density at radius 1 is 1.53 bits per heavy atom. The second-order valence-electron chi connectivity index (χ2n) is 4.19. The number of ether oxygens (including phenoxy) is 1. The molecule has 2 rings (SSSR count). The molecule has 0 radical (unpaired) electrons. The zero-order valence-electron chi connectivity index (χ0n) is 10.3. The summed E-state index contributed by atoms with van der Waals surface area (Å²) in [4.78, 5) is 14.7. The lowest BCUT2D eigenvalue weighted by Crippen LogP contribution is -2.33. The van der Waals surface area contributed by atoms with Crippen LogP contribution in [0.4, 0.5) is 17.1 Å². The van der Waals surface area contributed by atoms with E-state index < -0.39 is 0 Å². The van der Waals surface area contributed by atoms with E-state index in [-0.39, 0.29) is 17.9 Å². The highest BCUT2D eigenvalue weighted by Gasteiger charge is 2.18. The molecule has 1 aliphatic heterocycles. The van der Waals surface area contributed by atoms with Crippen LogP contribution in [-0.2, 0) is 9.53 Å². The Bertz CT molecular complexity index is 509. The molecule has 0 unspecified atom stereocenters. The lowest BCUT2D eigenvalue weighted by Gasteiger charge is -2.27. The molecule has 5 nitrogen and oxygen atoms in total. The second-order valence-corrected chi connectivity index (χ2v) is 4.45. The third-order valence-corrected chi connectivity index (χ3v) is 3.08. The fraction of sp³-hybridized carbons (Fsp3) is 0.385. The van der Waals surface area contributed by atoms with Gasteiger partial charge < -0.3 is 15.4 Å². The van der Waals surface area contributed by atoms with Crippen molar-refractivity contribution in [1.29, 1.82) is 0 Å². The minimum Gasteiger partial charge on any atom is -0.381 e. The molecule has 1 saturated heterocycles. The van der Waals surface area contributed by atoms with E-state index >= 15 is 0 Å². The van der Waals surface area contributed by atoms with E-state index in [9.17, 15) is 4.79 Å². The highest BCUT2D eigenvalue weighted by Crippen LogP contribution is 2.28. The van der Waals surface area contributed by atoms with Gasteiger partial charge in [0.15, 0.2) is 5.69 Å². The molecule has 6 heteroatoms. The number of amides is 1. The number of hydrogen-bond donors (Lipinski definition) is 2. The minimum absolute atomic E-state index is 0.118. The molecule has 1 aromatic carbocycles. The first-order chi connectivity index (χ1) is 9.22. The fourth-order valence-electron chi connectivity index (χ4n) is 1.71. The quantitative estimate of drug-likeness (QED) is 0.643. The number of rotatable bonds is 5. The van der Waals surface area contributed by atoms with Gasteiger partial charge in [0.05, 0.1) is 24.1 Å². The van der Waals surface area contributed by atoms with Crippen LogP contribution >= 0.6 is 11.6 Å². The molecule has 0 spiro atoms. The van der Waals surface area contributed by atoms with Crippen LogP contribution < -0.4 is 10.6 Å². The Morgan fingerprint density at radius 3 is 2.89 bits per heavy atom. The van der Waals surface area contributed by atoms with Gasteiger partial charge in [-0.2, -0.15) is 0 Å². The molecular formula is C13H14ClN3O2. The first-order valence-corrected chi connectivity index (χ1v) is 6.49. The van der Waals surface area contributed by atoms with E-state index in [4.69, 9.17) is 22.9 Å². The van der Waals surface area contributed by atoms with Crippen molar-refractivity contribution in [3.8, 4) is 0 Å². The van der Waals surface area contributed by atoms with Crippen LogP contribution in [0.1, 0.15) is 6.42 Å². The predicted octanol–water partition coefficient (Wildman–Crippen LogP) is 2.62. The van der Waals surface area contributed by atoms with Crippen molar-refractivity contribution in [2.24, 2.45) is 0 Å². The zero-order valence-corrected chi connectivity index (χ0v) is 11.0. The van der Waals surface area contributed by atoms with Gasteiger partial charge in [0, 0.05) is 13.2 Å². The molecule has 19 heavy (non-hydrogen) atoms. The molecule has 1 aliphatic rings. The predicted molar refractivity (Wildman–Crippen MR) is 74.9 cm³/mol. The van der Waals surface area contributed by atoms with Gasteiger partial charge in [0.25, 0.3) is 0 Å². The molecule has 1 atom stereocenters. The van der Waals surface area contributed by atoms with E-state index in [1.165, 1.54) is 0 Å². The van der Waals surface area contributed by atoms with Gasteiger partial charge in [0.1, 0.15) is 5.88 Å². The molecule has 0 aromatic heterocycles. The van der Waals surface area contributed by atoms with Crippen molar-refractivity contribution < 1.29 is 9.53 Å². The van der Waals surface area contributed by atoms with Crippen LogP contribution in [0.15, 0.2) is 18.2 Å². The molecular weight excluding hydrogens is 266 g/mol. The smallest absolute Gasteiger partial charge is 0.239 e. The molecule has 0 saturated carbocycles. The Labute approximate surface area is 116 Å². The van der Waals surface area contributed by atoms with E-state index in [1.54, 1.807) is 18.2 Å². The highest BCUT2D eigenvalue weighted by molar-refractivity contribution is 6.29. The maximum atomic E-state index is 11.4. The van der Waals surface area contributed by atoms with Crippen LogP contribution in [0.25, 0.3) is 4.85 Å². The Kier molecular flexibility index (Phi) is 4.61. The first-order valence-electron chi connectivity index (χ1n) is 5.95. The van der Waals surface area contributed by atoms with Crippen molar-refractivity contribution in [3.63, 3.8) is 0 Å². The second kappa shape index (κ2) is 6.41. The maximum Gasteiger partial charge on any atom is 0.239 e. The summed E-state index contributed by atoms with van der Waals surface area (Å²) in [6, 6.07) is 5.10. The molecule has 1 aromatic rings. The minimum atomic E-state index is -0.299. The lowest BCUT2D eigenvalue weighted by atomic mass is 10.1. The number of carbonyl (C=O) groups excluding carboxylic acids is 1. The molecule has 2 N–H and O–H groups in total. The van der Waals surface area contributed by atoms with Crippen molar-refractivity contribution in [1.82, 2.24) is 0 Å². The average Bonchev–Trinajstić information content (AvgIpc) is 2.38. The van der Waals surface area contributed by atoms with Crippen LogP contribution in [0.3, 0.4) is 0 Å². The fourth-order valence-corrected chi connectivity index (χ4v) is 1.78.